The number of carbonyl (C=O) groups is 2. The number of benzene rings is 1. The lowest BCUT2D eigenvalue weighted by Crippen LogP contribution is -2.06. The lowest BCUT2D eigenvalue weighted by Gasteiger charge is -2.11. The summed E-state index contributed by atoms with van der Waals surface area (Å²) in [6.45, 7) is 3.51. The standard InChI is InChI=1S/C15H18O5/c1-4-19-14(17)9-8-12-6-5-7-13(11(2)16)15(12)20-10-18-3/h5-9H,4,10H2,1-3H3/b9-8+. The zero-order valence-corrected chi connectivity index (χ0v) is 11.8. The van der Waals surface area contributed by atoms with Gasteiger partial charge in [0, 0.05) is 18.7 Å². The van der Waals surface area contributed by atoms with Crippen molar-refractivity contribution in [1.29, 1.82) is 0 Å². The summed E-state index contributed by atoms with van der Waals surface area (Å²) in [4.78, 5) is 22.9. The predicted molar refractivity (Wildman–Crippen MR) is 74.6 cm³/mol. The zero-order chi connectivity index (χ0) is 15.0. The molecular weight excluding hydrogens is 260 g/mol. The van der Waals surface area contributed by atoms with Crippen LogP contribution in [-0.2, 0) is 14.3 Å². The summed E-state index contributed by atoms with van der Waals surface area (Å²) in [5.74, 6) is -0.177. The van der Waals surface area contributed by atoms with Crippen molar-refractivity contribution in [2.45, 2.75) is 13.8 Å². The van der Waals surface area contributed by atoms with Crippen molar-refractivity contribution in [3.05, 3.63) is 35.4 Å². The molecular formula is C15H18O5. The number of para-hydroxylation sites is 1. The Balaban J connectivity index is 3.07. The maximum absolute atomic E-state index is 11.6. The molecule has 108 valence electrons. The number of ketones is 1. The van der Waals surface area contributed by atoms with Gasteiger partial charge in [0.25, 0.3) is 0 Å². The molecule has 1 aromatic rings. The molecule has 0 unspecified atom stereocenters. The van der Waals surface area contributed by atoms with Crippen molar-refractivity contribution in [1.82, 2.24) is 0 Å². The van der Waals surface area contributed by atoms with Gasteiger partial charge in [-0.25, -0.2) is 4.79 Å². The maximum atomic E-state index is 11.6. The second-order valence-corrected chi connectivity index (χ2v) is 3.92. The largest absolute Gasteiger partial charge is 0.466 e. The number of Topliss-reactive ketones (excluding diaryl/α,β-unsaturated/α-hetero) is 1. The van der Waals surface area contributed by atoms with Crippen LogP contribution < -0.4 is 4.74 Å². The smallest absolute Gasteiger partial charge is 0.330 e. The average Bonchev–Trinajstić information content (AvgIpc) is 2.43. The number of carbonyl (C=O) groups excluding carboxylic acids is 2. The minimum Gasteiger partial charge on any atom is -0.466 e. The fourth-order valence-electron chi connectivity index (χ4n) is 1.59. The van der Waals surface area contributed by atoms with Gasteiger partial charge in [0.2, 0.25) is 0 Å². The van der Waals surface area contributed by atoms with Crippen LogP contribution in [0.5, 0.6) is 5.75 Å². The van der Waals surface area contributed by atoms with Crippen LogP contribution in [0.25, 0.3) is 6.08 Å². The molecule has 0 N–H and O–H groups in total. The highest BCUT2D eigenvalue weighted by atomic mass is 16.7. The molecule has 0 amide bonds. The van der Waals surface area contributed by atoms with E-state index >= 15 is 0 Å². The second kappa shape index (κ2) is 8.12. The molecule has 0 saturated heterocycles. The van der Waals surface area contributed by atoms with Gasteiger partial charge in [0.1, 0.15) is 5.75 Å². The van der Waals surface area contributed by atoms with E-state index in [0.29, 0.717) is 23.5 Å². The fourth-order valence-corrected chi connectivity index (χ4v) is 1.59. The number of ether oxygens (including phenoxy) is 3. The summed E-state index contributed by atoms with van der Waals surface area (Å²) in [7, 11) is 1.49. The van der Waals surface area contributed by atoms with Crippen LogP contribution in [0.1, 0.15) is 29.8 Å². The van der Waals surface area contributed by atoms with Crippen molar-refractivity contribution in [3.63, 3.8) is 0 Å². The highest BCUT2D eigenvalue weighted by Crippen LogP contribution is 2.26. The van der Waals surface area contributed by atoms with Gasteiger partial charge in [0.15, 0.2) is 12.6 Å². The lowest BCUT2D eigenvalue weighted by atomic mass is 10.1. The Bertz CT molecular complexity index is 505. The Morgan fingerprint density at radius 3 is 2.65 bits per heavy atom. The third kappa shape index (κ3) is 4.51. The van der Waals surface area contributed by atoms with Gasteiger partial charge in [-0.2, -0.15) is 0 Å². The molecule has 0 aliphatic rings. The monoisotopic (exact) mass is 278 g/mol. The summed E-state index contributed by atoms with van der Waals surface area (Å²) >= 11 is 0. The fraction of sp³-hybridized carbons (Fsp3) is 0.333. The Morgan fingerprint density at radius 2 is 2.05 bits per heavy atom. The van der Waals surface area contributed by atoms with Crippen LogP contribution in [-0.4, -0.2) is 32.3 Å². The average molecular weight is 278 g/mol. The van der Waals surface area contributed by atoms with Gasteiger partial charge in [0.05, 0.1) is 12.2 Å². The first-order valence-corrected chi connectivity index (χ1v) is 6.20. The topological polar surface area (TPSA) is 61.8 Å². The molecule has 0 aliphatic heterocycles. The summed E-state index contributed by atoms with van der Waals surface area (Å²) in [5.41, 5.74) is 1.05. The third-order valence-electron chi connectivity index (χ3n) is 2.43. The number of esters is 1. The minimum atomic E-state index is -0.446. The first-order valence-electron chi connectivity index (χ1n) is 6.20. The molecule has 0 spiro atoms. The van der Waals surface area contributed by atoms with Crippen LogP contribution in [0, 0.1) is 0 Å². The van der Waals surface area contributed by atoms with E-state index in [2.05, 4.69) is 0 Å². The SMILES string of the molecule is CCOC(=O)/C=C/c1cccc(C(C)=O)c1OCOC. The number of hydrogen-bond donors (Lipinski definition) is 0. The molecule has 0 aliphatic carbocycles. The molecule has 0 radical (unpaired) electrons. The highest BCUT2D eigenvalue weighted by Gasteiger charge is 2.12. The molecule has 0 bridgehead atoms. The maximum Gasteiger partial charge on any atom is 0.330 e. The molecule has 0 aromatic heterocycles. The Hall–Kier alpha value is -2.14. The number of methoxy groups -OCH3 is 1. The molecule has 1 rings (SSSR count). The van der Waals surface area contributed by atoms with Crippen molar-refractivity contribution in [2.75, 3.05) is 20.5 Å². The first-order chi connectivity index (χ1) is 9.60. The van der Waals surface area contributed by atoms with E-state index in [1.54, 1.807) is 31.2 Å². The van der Waals surface area contributed by atoms with E-state index in [1.807, 2.05) is 0 Å². The quantitative estimate of drug-likeness (QED) is 0.332. The molecule has 5 nitrogen and oxygen atoms in total. The van der Waals surface area contributed by atoms with Gasteiger partial charge in [-0.3, -0.25) is 4.79 Å². The summed E-state index contributed by atoms with van der Waals surface area (Å²) in [6.07, 6.45) is 2.85. The van der Waals surface area contributed by atoms with Crippen LogP contribution in [0.15, 0.2) is 24.3 Å². The van der Waals surface area contributed by atoms with Crippen LogP contribution >= 0.6 is 0 Å². The number of rotatable bonds is 7. The van der Waals surface area contributed by atoms with Crippen LogP contribution in [0.4, 0.5) is 0 Å². The normalized spacial score (nSPS) is 10.6. The van der Waals surface area contributed by atoms with Gasteiger partial charge >= 0.3 is 5.97 Å². The summed E-state index contributed by atoms with van der Waals surface area (Å²) < 4.78 is 15.1. The zero-order valence-electron chi connectivity index (χ0n) is 11.8. The van der Waals surface area contributed by atoms with E-state index in [9.17, 15) is 9.59 Å². The van der Waals surface area contributed by atoms with E-state index in [1.165, 1.54) is 20.1 Å². The molecule has 0 heterocycles. The van der Waals surface area contributed by atoms with Crippen molar-refractivity contribution in [3.8, 4) is 5.75 Å². The molecule has 1 aromatic carbocycles. The molecule has 5 heteroatoms. The van der Waals surface area contributed by atoms with Gasteiger partial charge in [-0.05, 0) is 26.0 Å². The second-order valence-electron chi connectivity index (χ2n) is 3.92. The summed E-state index contributed by atoms with van der Waals surface area (Å²) in [6, 6.07) is 5.13. The van der Waals surface area contributed by atoms with Crippen molar-refractivity contribution < 1.29 is 23.8 Å². The third-order valence-corrected chi connectivity index (χ3v) is 2.43. The molecule has 0 fully saturated rings. The van der Waals surface area contributed by atoms with Crippen molar-refractivity contribution in [2.24, 2.45) is 0 Å². The molecule has 20 heavy (non-hydrogen) atoms. The van der Waals surface area contributed by atoms with E-state index < -0.39 is 5.97 Å². The van der Waals surface area contributed by atoms with Crippen LogP contribution in [0.3, 0.4) is 0 Å². The van der Waals surface area contributed by atoms with Crippen LogP contribution in [0.2, 0.25) is 0 Å². The predicted octanol–water partition coefficient (Wildman–Crippen LogP) is 2.45. The molecule has 0 saturated carbocycles. The first kappa shape index (κ1) is 15.9. The highest BCUT2D eigenvalue weighted by molar-refractivity contribution is 5.98. The summed E-state index contributed by atoms with van der Waals surface area (Å²) in [5, 5.41) is 0. The van der Waals surface area contributed by atoms with Crippen molar-refractivity contribution >= 4 is 17.8 Å². The van der Waals surface area contributed by atoms with E-state index in [4.69, 9.17) is 14.2 Å². The minimum absolute atomic E-state index is 0.0184. The number of hydrogen-bond acceptors (Lipinski definition) is 5. The Morgan fingerprint density at radius 1 is 1.30 bits per heavy atom. The molecule has 0 atom stereocenters. The van der Waals surface area contributed by atoms with Gasteiger partial charge in [-0.15, -0.1) is 0 Å². The van der Waals surface area contributed by atoms with Gasteiger partial charge in [-0.1, -0.05) is 12.1 Å². The Labute approximate surface area is 118 Å². The Kier molecular flexibility index (Phi) is 6.46. The lowest BCUT2D eigenvalue weighted by molar-refractivity contribution is -0.137. The van der Waals surface area contributed by atoms with Gasteiger partial charge < -0.3 is 14.2 Å². The van der Waals surface area contributed by atoms with E-state index in [-0.39, 0.29) is 12.6 Å². The van der Waals surface area contributed by atoms with E-state index in [0.717, 1.165) is 0 Å².